The van der Waals surface area contributed by atoms with Gasteiger partial charge in [-0.05, 0) is 12.1 Å². The first-order valence-corrected chi connectivity index (χ1v) is 6.04. The Morgan fingerprint density at radius 3 is 2.00 bits per heavy atom. The Bertz CT molecular complexity index is 486. The summed E-state index contributed by atoms with van der Waals surface area (Å²) in [6, 6.07) is 7.06. The fourth-order valence-electron chi connectivity index (χ4n) is 1.34. The quantitative estimate of drug-likeness (QED) is 0.737. The van der Waals surface area contributed by atoms with Crippen molar-refractivity contribution in [3.05, 3.63) is 58.6 Å². The van der Waals surface area contributed by atoms with E-state index < -0.39 is 0 Å². The minimum Gasteiger partial charge on any atom is -0.392 e. The minimum atomic E-state index is -0.0489. The Morgan fingerprint density at radius 2 is 1.58 bits per heavy atom. The number of rotatable bonds is 3. The van der Waals surface area contributed by atoms with Gasteiger partial charge in [-0.3, -0.25) is 4.98 Å². The first kappa shape index (κ1) is 15.5. The molecule has 0 aliphatic heterocycles. The smallest absolute Gasteiger partial charge is 0.134 e. The Hall–Kier alpha value is -1.53. The summed E-state index contributed by atoms with van der Waals surface area (Å²) in [6.45, 7) is 0.351. The predicted octanol–water partition coefficient (Wildman–Crippen LogP) is 1.26. The molecule has 0 spiro atoms. The second-order valence-electron chi connectivity index (χ2n) is 3.58. The molecule has 4 N–H and O–H groups in total. The zero-order chi connectivity index (χ0) is 14.1. The largest absolute Gasteiger partial charge is 0.392 e. The lowest BCUT2D eigenvalue weighted by molar-refractivity contribution is 0.280. The van der Waals surface area contributed by atoms with Crippen LogP contribution in [-0.4, -0.2) is 20.2 Å². The van der Waals surface area contributed by atoms with Crippen molar-refractivity contribution in [2.45, 2.75) is 19.8 Å². The lowest BCUT2D eigenvalue weighted by atomic mass is 10.2. The number of aliphatic hydroxyl groups excluding tert-OH is 2. The molecule has 0 aliphatic rings. The van der Waals surface area contributed by atoms with Crippen molar-refractivity contribution in [1.82, 2.24) is 9.97 Å². The zero-order valence-electron chi connectivity index (χ0n) is 10.3. The number of aromatic nitrogens is 2. The summed E-state index contributed by atoms with van der Waals surface area (Å²) >= 11 is 5.55. The van der Waals surface area contributed by atoms with Gasteiger partial charge in [0.15, 0.2) is 0 Å². The predicted molar refractivity (Wildman–Crippen MR) is 73.2 cm³/mol. The topological polar surface area (TPSA) is 92.3 Å². The highest BCUT2D eigenvalue weighted by molar-refractivity contribution is 6.30. The molecule has 2 aromatic heterocycles. The molecular formula is C13H16ClN3O2. The number of halogens is 1. The molecule has 0 saturated heterocycles. The Labute approximate surface area is 116 Å². The molecule has 0 atom stereocenters. The van der Waals surface area contributed by atoms with E-state index in [0.29, 0.717) is 17.3 Å². The Kier molecular flexibility index (Phi) is 6.99. The number of hydrogen-bond acceptors (Lipinski definition) is 5. The first-order valence-electron chi connectivity index (χ1n) is 5.66. The molecule has 19 heavy (non-hydrogen) atoms. The van der Waals surface area contributed by atoms with Gasteiger partial charge in [-0.25, -0.2) is 4.98 Å². The maximum atomic E-state index is 8.75. The Morgan fingerprint density at radius 1 is 1.00 bits per heavy atom. The third kappa shape index (κ3) is 4.92. The van der Waals surface area contributed by atoms with Crippen molar-refractivity contribution < 1.29 is 10.2 Å². The summed E-state index contributed by atoms with van der Waals surface area (Å²) < 4.78 is 0. The molecule has 0 aromatic carbocycles. The van der Waals surface area contributed by atoms with Gasteiger partial charge in [-0.2, -0.15) is 0 Å². The van der Waals surface area contributed by atoms with E-state index in [9.17, 15) is 0 Å². The van der Waals surface area contributed by atoms with Crippen molar-refractivity contribution in [2.24, 2.45) is 5.73 Å². The average Bonchev–Trinajstić information content (AvgIpc) is 2.48. The fourth-order valence-corrected chi connectivity index (χ4v) is 1.52. The third-order valence-electron chi connectivity index (χ3n) is 2.35. The second kappa shape index (κ2) is 8.55. The van der Waals surface area contributed by atoms with Gasteiger partial charge in [0.2, 0.25) is 0 Å². The van der Waals surface area contributed by atoms with Gasteiger partial charge in [-0.15, -0.1) is 0 Å². The van der Waals surface area contributed by atoms with E-state index in [1.165, 1.54) is 0 Å². The third-order valence-corrected chi connectivity index (χ3v) is 2.70. The van der Waals surface area contributed by atoms with Crippen LogP contribution in [-0.2, 0) is 19.8 Å². The maximum Gasteiger partial charge on any atom is 0.134 e. The van der Waals surface area contributed by atoms with Gasteiger partial charge in [-0.1, -0.05) is 23.7 Å². The number of nitrogens with zero attached hydrogens (tertiary/aromatic N) is 2. The molecule has 0 bridgehead atoms. The normalized spacial score (nSPS) is 9.68. The van der Waals surface area contributed by atoms with Gasteiger partial charge in [0, 0.05) is 30.1 Å². The van der Waals surface area contributed by atoms with Crippen LogP contribution < -0.4 is 5.73 Å². The van der Waals surface area contributed by atoms with Crippen molar-refractivity contribution in [2.75, 3.05) is 0 Å². The van der Waals surface area contributed by atoms with Crippen LogP contribution in [0, 0.1) is 0 Å². The van der Waals surface area contributed by atoms with Gasteiger partial charge in [0.25, 0.3) is 0 Å². The maximum absolute atomic E-state index is 8.75. The summed E-state index contributed by atoms with van der Waals surface area (Å²) in [4.78, 5) is 7.74. The second-order valence-corrected chi connectivity index (χ2v) is 3.94. The van der Waals surface area contributed by atoms with Crippen LogP contribution >= 0.6 is 11.6 Å². The summed E-state index contributed by atoms with van der Waals surface area (Å²) in [5.74, 6) is 0. The van der Waals surface area contributed by atoms with E-state index in [1.807, 2.05) is 6.07 Å². The molecule has 0 saturated carbocycles. The fraction of sp³-hybridized carbons (Fsp3) is 0.231. The van der Waals surface area contributed by atoms with E-state index in [1.54, 1.807) is 30.6 Å². The highest BCUT2D eigenvalue weighted by Gasteiger charge is 1.97. The van der Waals surface area contributed by atoms with Crippen LogP contribution in [0.2, 0.25) is 5.15 Å². The van der Waals surface area contributed by atoms with Crippen molar-refractivity contribution >= 4 is 11.6 Å². The lowest BCUT2D eigenvalue weighted by Crippen LogP contribution is -2.03. The molecule has 0 amide bonds. The van der Waals surface area contributed by atoms with Gasteiger partial charge >= 0.3 is 0 Å². The summed E-state index contributed by atoms with van der Waals surface area (Å²) in [5.41, 5.74) is 7.60. The van der Waals surface area contributed by atoms with Crippen LogP contribution in [0.25, 0.3) is 0 Å². The standard InChI is InChI=1S/C7H10N2O.C6H6ClNO/c8-4-7-6(5-10)2-1-3-9-7;7-6-5(4-9)2-1-3-8-6/h1-3,10H,4-5,8H2;1-3,9H,4H2. The molecule has 0 radical (unpaired) electrons. The number of aliphatic hydroxyl groups is 2. The molecule has 5 nitrogen and oxygen atoms in total. The zero-order valence-corrected chi connectivity index (χ0v) is 11.1. The highest BCUT2D eigenvalue weighted by atomic mass is 35.5. The molecule has 0 fully saturated rings. The van der Waals surface area contributed by atoms with Crippen LogP contribution in [0.1, 0.15) is 16.8 Å². The highest BCUT2D eigenvalue weighted by Crippen LogP contribution is 2.09. The van der Waals surface area contributed by atoms with Gasteiger partial charge in [0.05, 0.1) is 18.9 Å². The monoisotopic (exact) mass is 281 g/mol. The van der Waals surface area contributed by atoms with Crippen LogP contribution in [0.4, 0.5) is 0 Å². The molecule has 0 unspecified atom stereocenters. The molecule has 0 aliphatic carbocycles. The van der Waals surface area contributed by atoms with E-state index in [0.717, 1.165) is 11.3 Å². The number of pyridine rings is 2. The van der Waals surface area contributed by atoms with Crippen molar-refractivity contribution in [3.8, 4) is 0 Å². The van der Waals surface area contributed by atoms with Crippen molar-refractivity contribution in [3.63, 3.8) is 0 Å². The lowest BCUT2D eigenvalue weighted by Gasteiger charge is -2.00. The number of nitrogens with two attached hydrogens (primary N) is 1. The summed E-state index contributed by atoms with van der Waals surface area (Å²) in [7, 11) is 0. The first-order chi connectivity index (χ1) is 9.22. The molecule has 2 aromatic rings. The Balaban J connectivity index is 0.000000191. The molecular weight excluding hydrogens is 266 g/mol. The number of hydrogen-bond donors (Lipinski definition) is 3. The molecule has 2 heterocycles. The molecule has 2 rings (SSSR count). The van der Waals surface area contributed by atoms with Crippen molar-refractivity contribution in [1.29, 1.82) is 0 Å². The molecule has 6 heteroatoms. The van der Waals surface area contributed by atoms with Crippen LogP contribution in [0.15, 0.2) is 36.7 Å². The summed E-state index contributed by atoms with van der Waals surface area (Å²) in [6.07, 6.45) is 3.25. The van der Waals surface area contributed by atoms with Gasteiger partial charge in [0.1, 0.15) is 5.15 Å². The van der Waals surface area contributed by atoms with E-state index in [4.69, 9.17) is 27.5 Å². The van der Waals surface area contributed by atoms with Crippen LogP contribution in [0.5, 0.6) is 0 Å². The minimum absolute atomic E-state index is 0.0143. The van der Waals surface area contributed by atoms with E-state index in [2.05, 4.69) is 9.97 Å². The van der Waals surface area contributed by atoms with E-state index >= 15 is 0 Å². The SMILES string of the molecule is NCc1ncccc1CO.OCc1cccnc1Cl. The molecule has 102 valence electrons. The average molecular weight is 282 g/mol. The van der Waals surface area contributed by atoms with E-state index in [-0.39, 0.29) is 13.2 Å². The van der Waals surface area contributed by atoms with Gasteiger partial charge < -0.3 is 15.9 Å². The van der Waals surface area contributed by atoms with Crippen LogP contribution in [0.3, 0.4) is 0 Å². The summed E-state index contributed by atoms with van der Waals surface area (Å²) in [5, 5.41) is 17.7.